The van der Waals surface area contributed by atoms with Gasteiger partial charge in [0.15, 0.2) is 0 Å². The molecule has 0 atom stereocenters. The molecule has 0 fully saturated rings. The van der Waals surface area contributed by atoms with Crippen LogP contribution in [-0.4, -0.2) is 27.4 Å². The minimum Gasteiger partial charge on any atom is -0.496 e. The average Bonchev–Trinajstić information content (AvgIpc) is 3.15. The molecule has 104 valence electrons. The number of rotatable bonds is 3. The molecule has 0 spiro atoms. The van der Waals surface area contributed by atoms with Gasteiger partial charge in [-0.15, -0.1) is 0 Å². The van der Waals surface area contributed by atoms with Gasteiger partial charge in [-0.05, 0) is 30.7 Å². The predicted molar refractivity (Wildman–Crippen MR) is 73.3 cm³/mol. The molecule has 2 heterocycles. The molecule has 1 aromatic carbocycles. The third-order valence-corrected chi connectivity index (χ3v) is 3.06. The Bertz CT molecular complexity index is 828. The van der Waals surface area contributed by atoms with Gasteiger partial charge in [0.25, 0.3) is 5.89 Å². The van der Waals surface area contributed by atoms with Gasteiger partial charge in [-0.3, -0.25) is 5.10 Å². The number of aromatic amines is 1. The first-order valence-electron chi connectivity index (χ1n) is 6.15. The molecule has 3 rings (SSSR count). The number of H-pyrrole nitrogens is 1. The maximum atomic E-state index is 8.96. The zero-order valence-corrected chi connectivity index (χ0v) is 11.4. The van der Waals surface area contributed by atoms with Crippen LogP contribution in [0.5, 0.6) is 5.75 Å². The third-order valence-electron chi connectivity index (χ3n) is 3.06. The van der Waals surface area contributed by atoms with Crippen LogP contribution in [0.1, 0.15) is 11.3 Å². The molecule has 7 nitrogen and oxygen atoms in total. The highest BCUT2D eigenvalue weighted by Gasteiger charge is 2.16. The fraction of sp³-hybridized carbons (Fsp3) is 0.143. The van der Waals surface area contributed by atoms with Gasteiger partial charge in [0.2, 0.25) is 5.82 Å². The minimum absolute atomic E-state index is 0.253. The Balaban J connectivity index is 1.99. The summed E-state index contributed by atoms with van der Waals surface area (Å²) in [5, 5.41) is 19.3. The lowest BCUT2D eigenvalue weighted by atomic mass is 10.1. The van der Waals surface area contributed by atoms with E-state index < -0.39 is 0 Å². The Hall–Kier alpha value is -3.14. The summed E-state index contributed by atoms with van der Waals surface area (Å²) in [6.07, 6.45) is 1.48. The fourth-order valence-electron chi connectivity index (χ4n) is 2.00. The largest absolute Gasteiger partial charge is 0.496 e. The van der Waals surface area contributed by atoms with Gasteiger partial charge >= 0.3 is 0 Å². The van der Waals surface area contributed by atoms with Crippen LogP contribution in [0.25, 0.3) is 22.8 Å². The van der Waals surface area contributed by atoms with E-state index >= 15 is 0 Å². The van der Waals surface area contributed by atoms with Crippen molar-refractivity contribution in [3.05, 3.63) is 35.7 Å². The lowest BCUT2D eigenvalue weighted by molar-refractivity contribution is 0.411. The Morgan fingerprint density at radius 1 is 1.38 bits per heavy atom. The molecule has 0 aliphatic rings. The summed E-state index contributed by atoms with van der Waals surface area (Å²) in [5.74, 6) is 1.49. The highest BCUT2D eigenvalue weighted by atomic mass is 16.5. The molecule has 0 radical (unpaired) electrons. The lowest BCUT2D eigenvalue weighted by Gasteiger charge is -2.04. The Kier molecular flexibility index (Phi) is 3.12. The van der Waals surface area contributed by atoms with E-state index in [1.54, 1.807) is 7.11 Å². The SMILES string of the molecule is COc1ccc(-c2noc(-c3cn[nH]c3C#N)n2)cc1C. The first-order valence-corrected chi connectivity index (χ1v) is 6.15. The van der Waals surface area contributed by atoms with E-state index in [1.807, 2.05) is 31.2 Å². The lowest BCUT2D eigenvalue weighted by Crippen LogP contribution is -1.88. The molecule has 0 bridgehead atoms. The maximum Gasteiger partial charge on any atom is 0.262 e. The summed E-state index contributed by atoms with van der Waals surface area (Å²) < 4.78 is 10.4. The monoisotopic (exact) mass is 281 g/mol. The first kappa shape index (κ1) is 12.9. The minimum atomic E-state index is 0.253. The topological polar surface area (TPSA) is 101 Å². The van der Waals surface area contributed by atoms with Crippen molar-refractivity contribution in [2.75, 3.05) is 7.11 Å². The van der Waals surface area contributed by atoms with Crippen molar-refractivity contribution in [2.45, 2.75) is 6.92 Å². The van der Waals surface area contributed by atoms with Crippen LogP contribution < -0.4 is 4.74 Å². The van der Waals surface area contributed by atoms with Crippen molar-refractivity contribution in [1.29, 1.82) is 5.26 Å². The van der Waals surface area contributed by atoms with E-state index in [2.05, 4.69) is 20.3 Å². The molecule has 7 heteroatoms. The highest BCUT2D eigenvalue weighted by molar-refractivity contribution is 5.64. The third kappa shape index (κ3) is 2.23. The summed E-state index contributed by atoms with van der Waals surface area (Å²) in [6.45, 7) is 1.94. The van der Waals surface area contributed by atoms with Gasteiger partial charge in [-0.1, -0.05) is 5.16 Å². The van der Waals surface area contributed by atoms with Gasteiger partial charge in [0, 0.05) is 5.56 Å². The van der Waals surface area contributed by atoms with E-state index in [0.717, 1.165) is 16.9 Å². The van der Waals surface area contributed by atoms with Crippen LogP contribution in [0.4, 0.5) is 0 Å². The standard InChI is InChI=1S/C14H11N5O2/c1-8-5-9(3-4-12(8)20-2)13-17-14(21-19-13)10-7-16-18-11(10)6-15/h3-5,7H,1-2H3,(H,16,18). The summed E-state index contributed by atoms with van der Waals surface area (Å²) in [4.78, 5) is 4.30. The molecule has 21 heavy (non-hydrogen) atoms. The van der Waals surface area contributed by atoms with Gasteiger partial charge in [0.1, 0.15) is 17.5 Å². The van der Waals surface area contributed by atoms with E-state index in [0.29, 0.717) is 11.4 Å². The molecule has 0 aliphatic heterocycles. The zero-order valence-electron chi connectivity index (χ0n) is 11.4. The number of nitrogens with one attached hydrogen (secondary N) is 1. The van der Waals surface area contributed by atoms with Crippen LogP contribution in [-0.2, 0) is 0 Å². The summed E-state index contributed by atoms with van der Waals surface area (Å²) in [6, 6.07) is 7.59. The molecule has 2 aromatic heterocycles. The molecule has 0 saturated carbocycles. The summed E-state index contributed by atoms with van der Waals surface area (Å²) >= 11 is 0. The van der Waals surface area contributed by atoms with Crippen LogP contribution >= 0.6 is 0 Å². The predicted octanol–water partition coefficient (Wildman–Crippen LogP) is 2.32. The first-order chi connectivity index (χ1) is 10.2. The van der Waals surface area contributed by atoms with Crippen molar-refractivity contribution >= 4 is 0 Å². The summed E-state index contributed by atoms with van der Waals surface area (Å²) in [7, 11) is 1.62. The van der Waals surface area contributed by atoms with Gasteiger partial charge in [-0.2, -0.15) is 15.3 Å². The average molecular weight is 281 g/mol. The molecule has 1 N–H and O–H groups in total. The normalized spacial score (nSPS) is 10.3. The van der Waals surface area contributed by atoms with Gasteiger partial charge < -0.3 is 9.26 Å². The quantitative estimate of drug-likeness (QED) is 0.790. The number of aromatic nitrogens is 4. The number of nitriles is 1. The number of ether oxygens (including phenoxy) is 1. The zero-order chi connectivity index (χ0) is 14.8. The molecule has 0 aliphatic carbocycles. The van der Waals surface area contributed by atoms with E-state index in [4.69, 9.17) is 14.5 Å². The Labute approximate surface area is 120 Å². The fourth-order valence-corrected chi connectivity index (χ4v) is 2.00. The number of nitrogens with zero attached hydrogens (tertiary/aromatic N) is 4. The van der Waals surface area contributed by atoms with E-state index in [1.165, 1.54) is 6.20 Å². The number of methoxy groups -OCH3 is 1. The van der Waals surface area contributed by atoms with Crippen LogP contribution in [0.15, 0.2) is 28.9 Å². The van der Waals surface area contributed by atoms with Crippen molar-refractivity contribution in [2.24, 2.45) is 0 Å². The van der Waals surface area contributed by atoms with Crippen molar-refractivity contribution < 1.29 is 9.26 Å². The van der Waals surface area contributed by atoms with Gasteiger partial charge in [0.05, 0.1) is 18.9 Å². The number of hydrogen-bond acceptors (Lipinski definition) is 6. The molecular weight excluding hydrogens is 270 g/mol. The van der Waals surface area contributed by atoms with Gasteiger partial charge in [-0.25, -0.2) is 0 Å². The molecule has 0 amide bonds. The second-order valence-electron chi connectivity index (χ2n) is 4.38. The molecule has 0 unspecified atom stereocenters. The van der Waals surface area contributed by atoms with E-state index in [-0.39, 0.29) is 11.6 Å². The second kappa shape index (κ2) is 5.09. The smallest absolute Gasteiger partial charge is 0.262 e. The van der Waals surface area contributed by atoms with E-state index in [9.17, 15) is 0 Å². The molecule has 0 saturated heterocycles. The van der Waals surface area contributed by atoms with Crippen molar-refractivity contribution in [1.82, 2.24) is 20.3 Å². The highest BCUT2D eigenvalue weighted by Crippen LogP contribution is 2.27. The second-order valence-corrected chi connectivity index (χ2v) is 4.38. The van der Waals surface area contributed by atoms with Crippen molar-refractivity contribution in [3.8, 4) is 34.7 Å². The molecular formula is C14H11N5O2. The molecule has 3 aromatic rings. The van der Waals surface area contributed by atoms with Crippen molar-refractivity contribution in [3.63, 3.8) is 0 Å². The Morgan fingerprint density at radius 2 is 2.24 bits per heavy atom. The van der Waals surface area contributed by atoms with Crippen LogP contribution in [0, 0.1) is 18.3 Å². The number of aryl methyl sites for hydroxylation is 1. The number of benzene rings is 1. The van der Waals surface area contributed by atoms with Crippen LogP contribution in [0.3, 0.4) is 0 Å². The number of hydrogen-bond donors (Lipinski definition) is 1. The maximum absolute atomic E-state index is 8.96. The summed E-state index contributed by atoms with van der Waals surface area (Å²) in [5.41, 5.74) is 2.56. The van der Waals surface area contributed by atoms with Crippen LogP contribution in [0.2, 0.25) is 0 Å². The Morgan fingerprint density at radius 3 is 2.95 bits per heavy atom.